The molecule has 4 nitrogen and oxygen atoms in total. The van der Waals surface area contributed by atoms with Crippen LogP contribution in [-0.2, 0) is 4.79 Å². The highest BCUT2D eigenvalue weighted by molar-refractivity contribution is 5.74. The number of hydrogen-bond donors (Lipinski definition) is 3. The van der Waals surface area contributed by atoms with Gasteiger partial charge in [-0.2, -0.15) is 0 Å². The Morgan fingerprint density at radius 1 is 1.43 bits per heavy atom. The molecule has 1 fully saturated rings. The molecule has 14 heavy (non-hydrogen) atoms. The standard InChI is InChI=1S/C8H13F2NO3/c9-3-7(4-10)1-8(11,2-7)5(12)6(13)14/h5,12H,1-4,11H2,(H,13,14). The second-order valence-corrected chi connectivity index (χ2v) is 4.09. The first-order chi connectivity index (χ1) is 6.39. The van der Waals surface area contributed by atoms with Crippen LogP contribution in [0, 0.1) is 5.41 Å². The molecule has 0 aromatic rings. The molecule has 0 radical (unpaired) electrons. The fourth-order valence-electron chi connectivity index (χ4n) is 2.01. The number of hydrogen-bond acceptors (Lipinski definition) is 3. The van der Waals surface area contributed by atoms with Gasteiger partial charge in [-0.25, -0.2) is 4.79 Å². The van der Waals surface area contributed by atoms with Crippen LogP contribution in [0.4, 0.5) is 8.78 Å². The smallest absolute Gasteiger partial charge is 0.334 e. The van der Waals surface area contributed by atoms with E-state index < -0.39 is 36.4 Å². The maximum Gasteiger partial charge on any atom is 0.334 e. The minimum Gasteiger partial charge on any atom is -0.479 e. The molecule has 1 atom stereocenters. The van der Waals surface area contributed by atoms with Crippen molar-refractivity contribution < 1.29 is 23.8 Å². The summed E-state index contributed by atoms with van der Waals surface area (Å²) in [6.45, 7) is -1.76. The Hall–Kier alpha value is -0.750. The fourth-order valence-corrected chi connectivity index (χ4v) is 2.01. The number of rotatable bonds is 4. The third kappa shape index (κ3) is 1.59. The molecular formula is C8H13F2NO3. The Morgan fingerprint density at radius 2 is 1.86 bits per heavy atom. The zero-order valence-corrected chi connectivity index (χ0v) is 7.54. The van der Waals surface area contributed by atoms with Gasteiger partial charge >= 0.3 is 5.97 Å². The number of alkyl halides is 2. The summed E-state index contributed by atoms with van der Waals surface area (Å²) in [4.78, 5) is 10.4. The summed E-state index contributed by atoms with van der Waals surface area (Å²) in [5.74, 6) is -1.46. The quantitative estimate of drug-likeness (QED) is 0.601. The molecule has 6 heteroatoms. The third-order valence-corrected chi connectivity index (χ3v) is 2.75. The van der Waals surface area contributed by atoms with Gasteiger partial charge in [0.1, 0.15) is 0 Å². The molecule has 0 aromatic carbocycles. The van der Waals surface area contributed by atoms with Crippen molar-refractivity contribution in [1.29, 1.82) is 0 Å². The Morgan fingerprint density at radius 3 is 2.14 bits per heavy atom. The molecule has 0 spiro atoms. The van der Waals surface area contributed by atoms with E-state index in [-0.39, 0.29) is 12.8 Å². The topological polar surface area (TPSA) is 83.5 Å². The molecule has 1 aliphatic carbocycles. The van der Waals surface area contributed by atoms with E-state index in [1.54, 1.807) is 0 Å². The molecule has 0 bridgehead atoms. The molecule has 0 aromatic heterocycles. The lowest BCUT2D eigenvalue weighted by atomic mass is 9.57. The SMILES string of the molecule is NC1(C(O)C(=O)O)CC(CF)(CF)C1. The van der Waals surface area contributed by atoms with Gasteiger partial charge in [0, 0.05) is 5.41 Å². The van der Waals surface area contributed by atoms with Crippen molar-refractivity contribution in [2.75, 3.05) is 13.3 Å². The van der Waals surface area contributed by atoms with Gasteiger partial charge < -0.3 is 15.9 Å². The maximum absolute atomic E-state index is 12.4. The highest BCUT2D eigenvalue weighted by atomic mass is 19.1. The summed E-state index contributed by atoms with van der Waals surface area (Å²) < 4.78 is 24.8. The summed E-state index contributed by atoms with van der Waals surface area (Å²) in [6.07, 6.45) is -2.03. The van der Waals surface area contributed by atoms with Gasteiger partial charge in [0.15, 0.2) is 6.10 Å². The summed E-state index contributed by atoms with van der Waals surface area (Å²) in [7, 11) is 0. The molecule has 0 heterocycles. The van der Waals surface area contributed by atoms with Crippen LogP contribution < -0.4 is 5.73 Å². The van der Waals surface area contributed by atoms with Gasteiger partial charge in [-0.05, 0) is 12.8 Å². The number of nitrogens with two attached hydrogens (primary N) is 1. The number of aliphatic hydroxyl groups is 1. The first kappa shape index (κ1) is 11.3. The Balaban J connectivity index is 2.64. The van der Waals surface area contributed by atoms with Crippen molar-refractivity contribution >= 4 is 5.97 Å². The molecule has 0 amide bonds. The number of carboxylic acid groups (broad SMARTS) is 1. The van der Waals surface area contributed by atoms with E-state index in [1.807, 2.05) is 0 Å². The number of carbonyl (C=O) groups is 1. The van der Waals surface area contributed by atoms with E-state index in [2.05, 4.69) is 0 Å². The number of aliphatic carboxylic acids is 1. The third-order valence-electron chi connectivity index (χ3n) is 2.75. The Kier molecular flexibility index (Phi) is 2.78. The van der Waals surface area contributed by atoms with Gasteiger partial charge in [-0.15, -0.1) is 0 Å². The van der Waals surface area contributed by atoms with Crippen molar-refractivity contribution in [1.82, 2.24) is 0 Å². The first-order valence-corrected chi connectivity index (χ1v) is 4.21. The van der Waals surface area contributed by atoms with Crippen LogP contribution in [-0.4, -0.2) is 41.2 Å². The van der Waals surface area contributed by atoms with Crippen molar-refractivity contribution in [3.8, 4) is 0 Å². The molecule has 82 valence electrons. The van der Waals surface area contributed by atoms with Crippen LogP contribution in [0.5, 0.6) is 0 Å². The minimum absolute atomic E-state index is 0.138. The van der Waals surface area contributed by atoms with Gasteiger partial charge in [0.25, 0.3) is 0 Å². The Bertz CT molecular complexity index is 235. The fraction of sp³-hybridized carbons (Fsp3) is 0.875. The van der Waals surface area contributed by atoms with Crippen LogP contribution >= 0.6 is 0 Å². The van der Waals surface area contributed by atoms with E-state index in [0.717, 1.165) is 0 Å². The number of carboxylic acids is 1. The number of aliphatic hydroxyl groups excluding tert-OH is 1. The summed E-state index contributed by atoms with van der Waals surface area (Å²) in [5, 5.41) is 17.6. The lowest BCUT2D eigenvalue weighted by Crippen LogP contribution is -2.67. The molecule has 1 unspecified atom stereocenters. The number of halogens is 2. The van der Waals surface area contributed by atoms with Crippen LogP contribution in [0.15, 0.2) is 0 Å². The normalized spacial score (nSPS) is 25.1. The minimum atomic E-state index is -1.76. The van der Waals surface area contributed by atoms with Crippen LogP contribution in [0.25, 0.3) is 0 Å². The lowest BCUT2D eigenvalue weighted by molar-refractivity contribution is -0.160. The van der Waals surface area contributed by atoms with Crippen molar-refractivity contribution in [3.63, 3.8) is 0 Å². The van der Waals surface area contributed by atoms with Gasteiger partial charge in [0.05, 0.1) is 18.9 Å². The average molecular weight is 209 g/mol. The van der Waals surface area contributed by atoms with Crippen LogP contribution in [0.1, 0.15) is 12.8 Å². The second-order valence-electron chi connectivity index (χ2n) is 4.09. The molecular weight excluding hydrogens is 196 g/mol. The lowest BCUT2D eigenvalue weighted by Gasteiger charge is -2.52. The molecule has 1 aliphatic rings. The van der Waals surface area contributed by atoms with E-state index in [1.165, 1.54) is 0 Å². The first-order valence-electron chi connectivity index (χ1n) is 4.21. The van der Waals surface area contributed by atoms with Gasteiger partial charge in [0.2, 0.25) is 0 Å². The van der Waals surface area contributed by atoms with Crippen molar-refractivity contribution in [2.45, 2.75) is 24.5 Å². The monoisotopic (exact) mass is 209 g/mol. The van der Waals surface area contributed by atoms with Gasteiger partial charge in [-0.3, -0.25) is 8.78 Å². The molecule has 4 N–H and O–H groups in total. The molecule has 0 aliphatic heterocycles. The zero-order valence-electron chi connectivity index (χ0n) is 7.54. The molecule has 1 saturated carbocycles. The predicted octanol–water partition coefficient (Wildman–Crippen LogP) is -0.151. The van der Waals surface area contributed by atoms with Crippen molar-refractivity contribution in [2.24, 2.45) is 11.1 Å². The van der Waals surface area contributed by atoms with E-state index in [9.17, 15) is 13.6 Å². The highest BCUT2D eigenvalue weighted by Crippen LogP contribution is 2.49. The van der Waals surface area contributed by atoms with Crippen LogP contribution in [0.3, 0.4) is 0 Å². The van der Waals surface area contributed by atoms with Crippen molar-refractivity contribution in [3.05, 3.63) is 0 Å². The second kappa shape index (κ2) is 3.43. The summed E-state index contributed by atoms with van der Waals surface area (Å²) >= 11 is 0. The van der Waals surface area contributed by atoms with E-state index in [4.69, 9.17) is 15.9 Å². The Labute approximate surface area is 79.7 Å². The average Bonchev–Trinajstić information content (AvgIpc) is 2.11. The van der Waals surface area contributed by atoms with Gasteiger partial charge in [-0.1, -0.05) is 0 Å². The summed E-state index contributed by atoms with van der Waals surface area (Å²) in [5.41, 5.74) is 2.95. The van der Waals surface area contributed by atoms with Crippen LogP contribution in [0.2, 0.25) is 0 Å². The van der Waals surface area contributed by atoms with E-state index >= 15 is 0 Å². The summed E-state index contributed by atoms with van der Waals surface area (Å²) in [6, 6.07) is 0. The maximum atomic E-state index is 12.4. The molecule has 1 rings (SSSR count). The largest absolute Gasteiger partial charge is 0.479 e. The van der Waals surface area contributed by atoms with E-state index in [0.29, 0.717) is 0 Å². The zero-order chi connectivity index (χ0) is 11.0. The highest BCUT2D eigenvalue weighted by Gasteiger charge is 2.58. The molecule has 0 saturated heterocycles. The predicted molar refractivity (Wildman–Crippen MR) is 44.2 cm³/mol.